The van der Waals surface area contributed by atoms with Crippen LogP contribution in [0.15, 0.2) is 24.5 Å². The average Bonchev–Trinajstić information content (AvgIpc) is 2.74. The van der Waals surface area contributed by atoms with Crippen LogP contribution in [0.1, 0.15) is 26.3 Å². The number of aryl methyl sites for hydroxylation is 1. The monoisotopic (exact) mass is 309 g/mol. The Hall–Kier alpha value is -1.40. The van der Waals surface area contributed by atoms with Crippen LogP contribution in [0.5, 0.6) is 0 Å². The van der Waals surface area contributed by atoms with Crippen molar-refractivity contribution in [3.05, 3.63) is 30.1 Å². The first-order valence-corrected chi connectivity index (χ1v) is 8.92. The SMILES string of the molecule is CC(N)Cc1cn(CCS(=O)(=O)C(C)C)c2ncccc12. The fourth-order valence-corrected chi connectivity index (χ4v) is 3.26. The van der Waals surface area contributed by atoms with Crippen LogP contribution in [0.2, 0.25) is 0 Å². The smallest absolute Gasteiger partial charge is 0.154 e. The maximum absolute atomic E-state index is 12.0. The van der Waals surface area contributed by atoms with Crippen molar-refractivity contribution in [1.29, 1.82) is 0 Å². The third-order valence-corrected chi connectivity index (χ3v) is 5.78. The van der Waals surface area contributed by atoms with Crippen LogP contribution in [0.4, 0.5) is 0 Å². The predicted molar refractivity (Wildman–Crippen MR) is 86.0 cm³/mol. The molecule has 0 amide bonds. The van der Waals surface area contributed by atoms with Gasteiger partial charge in [0.1, 0.15) is 5.65 Å². The minimum absolute atomic E-state index is 0.0589. The van der Waals surface area contributed by atoms with Crippen molar-refractivity contribution in [3.8, 4) is 0 Å². The molecule has 116 valence electrons. The molecule has 0 aliphatic carbocycles. The lowest BCUT2D eigenvalue weighted by molar-refractivity contribution is 0.581. The Morgan fingerprint density at radius 3 is 2.67 bits per heavy atom. The van der Waals surface area contributed by atoms with Crippen molar-refractivity contribution in [2.45, 2.75) is 45.0 Å². The molecule has 2 rings (SSSR count). The number of hydrogen-bond acceptors (Lipinski definition) is 4. The van der Waals surface area contributed by atoms with E-state index in [1.165, 1.54) is 0 Å². The van der Waals surface area contributed by atoms with Gasteiger partial charge in [-0.15, -0.1) is 0 Å². The molecule has 2 N–H and O–H groups in total. The molecule has 0 bridgehead atoms. The van der Waals surface area contributed by atoms with Gasteiger partial charge < -0.3 is 10.3 Å². The number of sulfone groups is 1. The lowest BCUT2D eigenvalue weighted by Crippen LogP contribution is -2.21. The topological polar surface area (TPSA) is 78.0 Å². The molecule has 0 spiro atoms. The van der Waals surface area contributed by atoms with E-state index in [0.717, 1.165) is 23.0 Å². The predicted octanol–water partition coefficient (Wildman–Crippen LogP) is 1.75. The van der Waals surface area contributed by atoms with Gasteiger partial charge in [-0.1, -0.05) is 0 Å². The maximum atomic E-state index is 12.0. The van der Waals surface area contributed by atoms with E-state index in [9.17, 15) is 8.42 Å². The summed E-state index contributed by atoms with van der Waals surface area (Å²) < 4.78 is 25.9. The number of pyridine rings is 1. The molecule has 0 aromatic carbocycles. The Morgan fingerprint density at radius 2 is 2.05 bits per heavy atom. The molecule has 0 saturated carbocycles. The van der Waals surface area contributed by atoms with E-state index in [1.54, 1.807) is 20.0 Å². The summed E-state index contributed by atoms with van der Waals surface area (Å²) in [6, 6.07) is 3.96. The molecule has 2 heterocycles. The number of rotatable bonds is 6. The molecule has 2 aromatic heterocycles. The zero-order valence-corrected chi connectivity index (χ0v) is 13.6. The van der Waals surface area contributed by atoms with Gasteiger partial charge in [-0.2, -0.15) is 0 Å². The molecule has 6 heteroatoms. The van der Waals surface area contributed by atoms with E-state index >= 15 is 0 Å². The Labute approximate surface area is 126 Å². The van der Waals surface area contributed by atoms with Crippen molar-refractivity contribution in [3.63, 3.8) is 0 Å². The molecule has 5 nitrogen and oxygen atoms in total. The van der Waals surface area contributed by atoms with Crippen LogP contribution in [-0.2, 0) is 22.8 Å². The quantitative estimate of drug-likeness (QED) is 0.882. The fourth-order valence-electron chi connectivity index (χ4n) is 2.34. The molecule has 21 heavy (non-hydrogen) atoms. The maximum Gasteiger partial charge on any atom is 0.154 e. The summed E-state index contributed by atoms with van der Waals surface area (Å²) in [4.78, 5) is 4.38. The van der Waals surface area contributed by atoms with Gasteiger partial charge in [0.25, 0.3) is 0 Å². The van der Waals surface area contributed by atoms with E-state index in [-0.39, 0.29) is 17.0 Å². The largest absolute Gasteiger partial charge is 0.331 e. The number of aromatic nitrogens is 2. The summed E-state index contributed by atoms with van der Waals surface area (Å²) in [6.45, 7) is 5.81. The number of nitrogens with zero attached hydrogens (tertiary/aromatic N) is 2. The highest BCUT2D eigenvalue weighted by Crippen LogP contribution is 2.21. The first-order valence-electron chi connectivity index (χ1n) is 7.21. The second kappa shape index (κ2) is 6.15. The average molecular weight is 309 g/mol. The lowest BCUT2D eigenvalue weighted by atomic mass is 10.1. The molecule has 1 atom stereocenters. The Bertz CT molecular complexity index is 718. The summed E-state index contributed by atoms with van der Waals surface area (Å²) in [5.41, 5.74) is 7.83. The zero-order chi connectivity index (χ0) is 15.6. The summed E-state index contributed by atoms with van der Waals surface area (Å²) >= 11 is 0. The molecule has 2 aromatic rings. The van der Waals surface area contributed by atoms with Crippen LogP contribution in [0.25, 0.3) is 11.0 Å². The fraction of sp³-hybridized carbons (Fsp3) is 0.533. The second-order valence-electron chi connectivity index (χ2n) is 5.82. The Balaban J connectivity index is 2.32. The van der Waals surface area contributed by atoms with E-state index in [2.05, 4.69) is 4.98 Å². The standard InChI is InChI=1S/C15H23N3O2S/c1-11(2)21(19,20)8-7-18-10-13(9-12(3)16)14-5-4-6-17-15(14)18/h4-6,10-12H,7-9,16H2,1-3H3. The van der Waals surface area contributed by atoms with E-state index in [1.807, 2.05) is 29.8 Å². The molecule has 0 aliphatic heterocycles. The Kier molecular flexibility index (Phi) is 4.68. The molecular weight excluding hydrogens is 286 g/mol. The highest BCUT2D eigenvalue weighted by Gasteiger charge is 2.17. The van der Waals surface area contributed by atoms with Gasteiger partial charge in [0.05, 0.1) is 11.0 Å². The van der Waals surface area contributed by atoms with Crippen LogP contribution in [-0.4, -0.2) is 35.0 Å². The van der Waals surface area contributed by atoms with Crippen molar-refractivity contribution in [1.82, 2.24) is 9.55 Å². The summed E-state index contributed by atoms with van der Waals surface area (Å²) in [5.74, 6) is 0.128. The molecule has 0 radical (unpaired) electrons. The van der Waals surface area contributed by atoms with E-state index < -0.39 is 9.84 Å². The highest BCUT2D eigenvalue weighted by molar-refractivity contribution is 7.91. The van der Waals surface area contributed by atoms with Crippen LogP contribution >= 0.6 is 0 Å². The molecule has 0 aliphatic rings. The lowest BCUT2D eigenvalue weighted by Gasteiger charge is -2.08. The van der Waals surface area contributed by atoms with Crippen LogP contribution < -0.4 is 5.73 Å². The number of hydrogen-bond donors (Lipinski definition) is 1. The van der Waals surface area contributed by atoms with Gasteiger partial charge in [-0.25, -0.2) is 13.4 Å². The van der Waals surface area contributed by atoms with Gasteiger partial charge in [0.2, 0.25) is 0 Å². The second-order valence-corrected chi connectivity index (χ2v) is 8.50. The zero-order valence-electron chi connectivity index (χ0n) is 12.8. The van der Waals surface area contributed by atoms with Crippen molar-refractivity contribution in [2.75, 3.05) is 5.75 Å². The number of fused-ring (bicyclic) bond motifs is 1. The van der Waals surface area contributed by atoms with Crippen molar-refractivity contribution < 1.29 is 8.42 Å². The van der Waals surface area contributed by atoms with Crippen LogP contribution in [0.3, 0.4) is 0 Å². The van der Waals surface area contributed by atoms with E-state index in [4.69, 9.17) is 5.73 Å². The minimum Gasteiger partial charge on any atom is -0.331 e. The molecule has 0 fully saturated rings. The van der Waals surface area contributed by atoms with Crippen molar-refractivity contribution in [2.24, 2.45) is 5.73 Å². The van der Waals surface area contributed by atoms with Crippen molar-refractivity contribution >= 4 is 20.9 Å². The van der Waals surface area contributed by atoms with Gasteiger partial charge >= 0.3 is 0 Å². The molecule has 1 unspecified atom stereocenters. The summed E-state index contributed by atoms with van der Waals surface area (Å²) in [5, 5.41) is 0.701. The van der Waals surface area contributed by atoms with Gasteiger partial charge in [-0.3, -0.25) is 0 Å². The van der Waals surface area contributed by atoms with Gasteiger partial charge in [-0.05, 0) is 44.9 Å². The normalized spacial score (nSPS) is 14.0. The number of nitrogens with two attached hydrogens (primary N) is 1. The third-order valence-electron chi connectivity index (χ3n) is 3.59. The third kappa shape index (κ3) is 3.63. The van der Waals surface area contributed by atoms with E-state index in [0.29, 0.717) is 6.54 Å². The highest BCUT2D eigenvalue weighted by atomic mass is 32.2. The molecule has 0 saturated heterocycles. The van der Waals surface area contributed by atoms with Gasteiger partial charge in [0, 0.05) is 30.4 Å². The summed E-state index contributed by atoms with van der Waals surface area (Å²) in [7, 11) is -3.05. The first kappa shape index (κ1) is 16.0. The van der Waals surface area contributed by atoms with Crippen LogP contribution in [0, 0.1) is 0 Å². The summed E-state index contributed by atoms with van der Waals surface area (Å²) in [6.07, 6.45) is 4.47. The molecular formula is C15H23N3O2S. The Morgan fingerprint density at radius 1 is 1.33 bits per heavy atom. The first-order chi connectivity index (χ1) is 9.81. The van der Waals surface area contributed by atoms with Gasteiger partial charge in [0.15, 0.2) is 9.84 Å². The minimum atomic E-state index is -3.05.